The molecule has 1 aromatic heterocycles. The molecule has 6 heteroatoms. The van der Waals surface area contributed by atoms with E-state index in [4.69, 9.17) is 16.0 Å². The van der Waals surface area contributed by atoms with Crippen molar-refractivity contribution in [1.82, 2.24) is 0 Å². The molecular formula is C12H6ClNO4. The van der Waals surface area contributed by atoms with E-state index in [1.165, 1.54) is 12.1 Å². The Labute approximate surface area is 105 Å². The Balaban J connectivity index is 2.48. The van der Waals surface area contributed by atoms with Gasteiger partial charge >= 0.3 is 5.63 Å². The van der Waals surface area contributed by atoms with Crippen LogP contribution in [-0.2, 0) is 4.79 Å². The minimum absolute atomic E-state index is 0.106. The van der Waals surface area contributed by atoms with Gasteiger partial charge in [-0.05, 0) is 18.2 Å². The number of benzene rings is 1. The number of carbonyl (C=O) groups excluding carboxylic acids is 2. The standard InChI is InChI=1S/C12H6ClNO4/c13-5-1-2-8-6(3-5)10-7(15)4-9(16)14-11(10)12(17)18-8/h1-3H,4H2,(H,14,16). The van der Waals surface area contributed by atoms with E-state index in [2.05, 4.69) is 5.32 Å². The largest absolute Gasteiger partial charge is 0.421 e. The van der Waals surface area contributed by atoms with E-state index in [1.54, 1.807) is 6.07 Å². The first-order valence-corrected chi connectivity index (χ1v) is 5.53. The van der Waals surface area contributed by atoms with Gasteiger partial charge in [0.05, 0.1) is 12.0 Å². The highest BCUT2D eigenvalue weighted by Gasteiger charge is 2.28. The lowest BCUT2D eigenvalue weighted by Gasteiger charge is -2.15. The van der Waals surface area contributed by atoms with Crippen molar-refractivity contribution in [1.29, 1.82) is 0 Å². The van der Waals surface area contributed by atoms with Crippen molar-refractivity contribution >= 4 is 39.9 Å². The molecule has 0 radical (unpaired) electrons. The van der Waals surface area contributed by atoms with E-state index in [9.17, 15) is 14.4 Å². The molecular weight excluding hydrogens is 258 g/mol. The number of carbonyl (C=O) groups is 2. The van der Waals surface area contributed by atoms with Crippen molar-refractivity contribution in [3.05, 3.63) is 39.2 Å². The van der Waals surface area contributed by atoms with Gasteiger partial charge in [0.2, 0.25) is 5.91 Å². The number of Topliss-reactive ketones (excluding diaryl/α,β-unsaturated/α-hetero) is 1. The second kappa shape index (κ2) is 3.68. The van der Waals surface area contributed by atoms with Crippen LogP contribution < -0.4 is 10.9 Å². The summed E-state index contributed by atoms with van der Waals surface area (Å²) in [4.78, 5) is 34.8. The van der Waals surface area contributed by atoms with Crippen LogP contribution in [0.2, 0.25) is 5.02 Å². The third-order valence-electron chi connectivity index (χ3n) is 2.73. The summed E-state index contributed by atoms with van der Waals surface area (Å²) in [5.74, 6) is -0.921. The van der Waals surface area contributed by atoms with Crippen LogP contribution in [0.4, 0.5) is 5.69 Å². The second-order valence-electron chi connectivity index (χ2n) is 3.93. The SMILES string of the molecule is O=C1CC(=O)c2c(c(=O)oc3ccc(Cl)cc23)N1. The number of rotatable bonds is 0. The van der Waals surface area contributed by atoms with Crippen LogP contribution in [0, 0.1) is 0 Å². The molecule has 1 aliphatic heterocycles. The van der Waals surface area contributed by atoms with E-state index >= 15 is 0 Å². The van der Waals surface area contributed by atoms with Crippen molar-refractivity contribution in [3.63, 3.8) is 0 Å². The van der Waals surface area contributed by atoms with E-state index < -0.39 is 17.3 Å². The minimum Gasteiger partial charge on any atom is -0.421 e. The molecule has 18 heavy (non-hydrogen) atoms. The van der Waals surface area contributed by atoms with Gasteiger partial charge in [-0.3, -0.25) is 9.59 Å². The molecule has 1 aliphatic rings. The fourth-order valence-electron chi connectivity index (χ4n) is 2.00. The topological polar surface area (TPSA) is 76.4 Å². The van der Waals surface area contributed by atoms with Gasteiger partial charge < -0.3 is 9.73 Å². The summed E-state index contributed by atoms with van der Waals surface area (Å²) in [6.45, 7) is 0. The van der Waals surface area contributed by atoms with Crippen molar-refractivity contribution in [2.75, 3.05) is 5.32 Å². The average molecular weight is 264 g/mol. The molecule has 2 aromatic rings. The molecule has 2 heterocycles. The lowest BCUT2D eigenvalue weighted by molar-refractivity contribution is -0.115. The van der Waals surface area contributed by atoms with Crippen molar-refractivity contribution < 1.29 is 14.0 Å². The van der Waals surface area contributed by atoms with Gasteiger partial charge in [0.15, 0.2) is 5.78 Å². The predicted molar refractivity (Wildman–Crippen MR) is 65.1 cm³/mol. The maximum absolute atomic E-state index is 11.9. The molecule has 90 valence electrons. The molecule has 3 rings (SSSR count). The molecule has 1 aromatic carbocycles. The van der Waals surface area contributed by atoms with Gasteiger partial charge in [0.25, 0.3) is 0 Å². The van der Waals surface area contributed by atoms with Crippen LogP contribution in [0.1, 0.15) is 16.8 Å². The van der Waals surface area contributed by atoms with Gasteiger partial charge in [-0.15, -0.1) is 0 Å². The molecule has 0 atom stereocenters. The van der Waals surface area contributed by atoms with E-state index in [0.717, 1.165) is 0 Å². The smallest absolute Gasteiger partial charge is 0.361 e. The van der Waals surface area contributed by atoms with Crippen LogP contribution in [0.25, 0.3) is 11.0 Å². The molecule has 0 spiro atoms. The molecule has 0 saturated heterocycles. The quantitative estimate of drug-likeness (QED) is 0.582. The maximum atomic E-state index is 11.9. The van der Waals surface area contributed by atoms with Crippen LogP contribution >= 0.6 is 11.6 Å². The Kier molecular flexibility index (Phi) is 2.24. The Morgan fingerprint density at radius 2 is 2.00 bits per heavy atom. The van der Waals surface area contributed by atoms with Gasteiger partial charge in [-0.2, -0.15) is 0 Å². The van der Waals surface area contributed by atoms with Crippen LogP contribution in [0.3, 0.4) is 0 Å². The molecule has 0 fully saturated rings. The fourth-order valence-corrected chi connectivity index (χ4v) is 2.17. The Hall–Kier alpha value is -2.14. The van der Waals surface area contributed by atoms with E-state index in [-0.39, 0.29) is 23.3 Å². The molecule has 1 amide bonds. The van der Waals surface area contributed by atoms with Gasteiger partial charge in [0, 0.05) is 10.4 Å². The molecule has 0 aliphatic carbocycles. The summed E-state index contributed by atoms with van der Waals surface area (Å²) >= 11 is 5.86. The first-order chi connectivity index (χ1) is 8.56. The van der Waals surface area contributed by atoms with Gasteiger partial charge in [0.1, 0.15) is 11.3 Å². The summed E-state index contributed by atoms with van der Waals surface area (Å²) in [5.41, 5.74) is -0.400. The molecule has 5 nitrogen and oxygen atoms in total. The summed E-state index contributed by atoms with van der Waals surface area (Å²) in [7, 11) is 0. The second-order valence-corrected chi connectivity index (χ2v) is 4.36. The number of anilines is 1. The Bertz CT molecular complexity index is 762. The Morgan fingerprint density at radius 1 is 1.22 bits per heavy atom. The summed E-state index contributed by atoms with van der Waals surface area (Å²) in [6.07, 6.45) is -0.280. The summed E-state index contributed by atoms with van der Waals surface area (Å²) < 4.78 is 5.03. The van der Waals surface area contributed by atoms with Crippen molar-refractivity contribution in [3.8, 4) is 0 Å². The van der Waals surface area contributed by atoms with Gasteiger partial charge in [-0.1, -0.05) is 11.6 Å². The summed E-state index contributed by atoms with van der Waals surface area (Å²) in [5, 5.41) is 3.21. The minimum atomic E-state index is -0.735. The molecule has 0 saturated carbocycles. The number of amides is 1. The number of fused-ring (bicyclic) bond motifs is 3. The number of halogens is 1. The fraction of sp³-hybridized carbons (Fsp3) is 0.0833. The molecule has 1 N–H and O–H groups in total. The lowest BCUT2D eigenvalue weighted by atomic mass is 9.99. The zero-order valence-electron chi connectivity index (χ0n) is 8.95. The molecule has 0 bridgehead atoms. The normalized spacial score (nSPS) is 14.5. The van der Waals surface area contributed by atoms with Crippen LogP contribution in [0.5, 0.6) is 0 Å². The number of hydrogen-bond donors (Lipinski definition) is 1. The predicted octanol–water partition coefficient (Wildman–Crippen LogP) is 1.97. The average Bonchev–Trinajstić information content (AvgIpc) is 2.30. The Morgan fingerprint density at radius 3 is 2.78 bits per heavy atom. The monoisotopic (exact) mass is 263 g/mol. The number of hydrogen-bond acceptors (Lipinski definition) is 4. The van der Waals surface area contributed by atoms with E-state index in [0.29, 0.717) is 10.4 Å². The van der Waals surface area contributed by atoms with Crippen molar-refractivity contribution in [2.45, 2.75) is 6.42 Å². The van der Waals surface area contributed by atoms with Crippen LogP contribution in [0.15, 0.2) is 27.4 Å². The third-order valence-corrected chi connectivity index (χ3v) is 2.97. The first kappa shape index (κ1) is 11.0. The zero-order chi connectivity index (χ0) is 12.9. The molecule has 0 unspecified atom stereocenters. The van der Waals surface area contributed by atoms with Crippen molar-refractivity contribution in [2.24, 2.45) is 0 Å². The van der Waals surface area contributed by atoms with Crippen LogP contribution in [-0.4, -0.2) is 11.7 Å². The maximum Gasteiger partial charge on any atom is 0.361 e. The van der Waals surface area contributed by atoms with E-state index in [1.807, 2.05) is 0 Å². The first-order valence-electron chi connectivity index (χ1n) is 5.15. The summed E-state index contributed by atoms with van der Waals surface area (Å²) in [6, 6.07) is 4.61. The highest BCUT2D eigenvalue weighted by atomic mass is 35.5. The zero-order valence-corrected chi connectivity index (χ0v) is 9.71. The highest BCUT2D eigenvalue weighted by molar-refractivity contribution is 6.32. The van der Waals surface area contributed by atoms with Gasteiger partial charge in [-0.25, -0.2) is 4.79 Å². The highest BCUT2D eigenvalue weighted by Crippen LogP contribution is 2.29. The third kappa shape index (κ3) is 1.52. The number of nitrogens with one attached hydrogen (secondary N) is 1. The lowest BCUT2D eigenvalue weighted by Crippen LogP contribution is -2.28. The number of ketones is 1.